The lowest BCUT2D eigenvalue weighted by Crippen LogP contribution is -2.23. The van der Waals surface area contributed by atoms with Crippen LogP contribution in [0.4, 0.5) is 11.6 Å². The first kappa shape index (κ1) is 10.2. The number of nitrogens with one attached hydrogen (secondary N) is 2. The molecular weight excluding hydrogens is 188 g/mol. The van der Waals surface area contributed by atoms with E-state index in [9.17, 15) is 0 Å². The van der Waals surface area contributed by atoms with Gasteiger partial charge in [0.25, 0.3) is 0 Å². The molecule has 82 valence electrons. The van der Waals surface area contributed by atoms with Crippen LogP contribution in [0.25, 0.3) is 0 Å². The van der Waals surface area contributed by atoms with E-state index in [1.54, 1.807) is 0 Å². The Labute approximate surface area is 90.2 Å². The predicted molar refractivity (Wildman–Crippen MR) is 62.5 cm³/mol. The van der Waals surface area contributed by atoms with E-state index in [0.29, 0.717) is 11.9 Å². The summed E-state index contributed by atoms with van der Waals surface area (Å²) in [6, 6.07) is 6.37. The van der Waals surface area contributed by atoms with Crippen molar-refractivity contribution in [1.29, 1.82) is 0 Å². The minimum Gasteiger partial charge on any atom is -0.367 e. The van der Waals surface area contributed by atoms with Crippen LogP contribution in [-0.2, 0) is 0 Å². The third-order valence-corrected chi connectivity index (χ3v) is 2.85. The number of hydrogen-bond donors (Lipinski definition) is 3. The first-order valence-electron chi connectivity index (χ1n) is 5.59. The Kier molecular flexibility index (Phi) is 3.40. The van der Waals surface area contributed by atoms with Gasteiger partial charge >= 0.3 is 0 Å². The predicted octanol–water partition coefficient (Wildman–Crippen LogP) is 2.11. The number of nitrogens with two attached hydrogens (primary N) is 1. The van der Waals surface area contributed by atoms with Gasteiger partial charge < -0.3 is 10.7 Å². The first-order chi connectivity index (χ1) is 7.38. The highest BCUT2D eigenvalue weighted by atomic mass is 15.3. The molecule has 1 aromatic rings. The van der Waals surface area contributed by atoms with Crippen LogP contribution in [0.5, 0.6) is 0 Å². The summed E-state index contributed by atoms with van der Waals surface area (Å²) in [6.45, 7) is 0. The first-order valence-corrected chi connectivity index (χ1v) is 5.59. The molecule has 0 amide bonds. The molecule has 0 saturated heterocycles. The molecule has 1 aliphatic carbocycles. The number of anilines is 2. The minimum atomic E-state index is 0.583. The third kappa shape index (κ3) is 2.83. The topological polar surface area (TPSA) is 63.0 Å². The maximum Gasteiger partial charge on any atom is 0.142 e. The van der Waals surface area contributed by atoms with Crippen molar-refractivity contribution >= 4 is 11.6 Å². The molecule has 2 rings (SSSR count). The molecule has 4 N–H and O–H groups in total. The van der Waals surface area contributed by atoms with Crippen molar-refractivity contribution in [3.8, 4) is 0 Å². The smallest absolute Gasteiger partial charge is 0.142 e. The fourth-order valence-electron chi connectivity index (χ4n) is 2.05. The molecule has 1 heterocycles. The van der Waals surface area contributed by atoms with Crippen LogP contribution in [-0.4, -0.2) is 11.0 Å². The highest BCUT2D eigenvalue weighted by molar-refractivity contribution is 5.44. The molecule has 0 atom stereocenters. The molecule has 0 radical (unpaired) electrons. The van der Waals surface area contributed by atoms with E-state index in [1.807, 2.05) is 18.2 Å². The summed E-state index contributed by atoms with van der Waals surface area (Å²) in [6.07, 6.45) is 6.53. The summed E-state index contributed by atoms with van der Waals surface area (Å²) >= 11 is 0. The molecule has 4 nitrogen and oxygen atoms in total. The molecule has 0 bridgehead atoms. The maximum atomic E-state index is 5.31. The van der Waals surface area contributed by atoms with Crippen LogP contribution in [0.2, 0.25) is 0 Å². The largest absolute Gasteiger partial charge is 0.367 e. The fourth-order valence-corrected chi connectivity index (χ4v) is 2.05. The van der Waals surface area contributed by atoms with Crippen LogP contribution in [0, 0.1) is 0 Å². The van der Waals surface area contributed by atoms with Crippen LogP contribution < -0.4 is 16.6 Å². The molecule has 0 aliphatic heterocycles. The van der Waals surface area contributed by atoms with Gasteiger partial charge in [0.1, 0.15) is 11.6 Å². The second-order valence-electron chi connectivity index (χ2n) is 4.03. The Morgan fingerprint density at radius 1 is 1.13 bits per heavy atom. The average Bonchev–Trinajstić information content (AvgIpc) is 2.31. The van der Waals surface area contributed by atoms with E-state index in [-0.39, 0.29) is 0 Å². The van der Waals surface area contributed by atoms with Gasteiger partial charge in [-0.15, -0.1) is 0 Å². The Bertz CT molecular complexity index is 307. The molecule has 0 unspecified atom stereocenters. The van der Waals surface area contributed by atoms with Gasteiger partial charge in [0, 0.05) is 6.04 Å². The number of hydrazine groups is 1. The standard InChI is InChI=1S/C11H18N4/c12-15-11-8-4-7-10(14-11)13-9-5-2-1-3-6-9/h4,7-9H,1-3,5-6,12H2,(H2,13,14,15). The summed E-state index contributed by atoms with van der Waals surface area (Å²) in [7, 11) is 0. The van der Waals surface area contributed by atoms with Gasteiger partial charge in [0.15, 0.2) is 0 Å². The summed E-state index contributed by atoms with van der Waals surface area (Å²) in [5.41, 5.74) is 2.55. The van der Waals surface area contributed by atoms with Crippen LogP contribution in [0.3, 0.4) is 0 Å². The maximum absolute atomic E-state index is 5.31. The molecule has 1 aromatic heterocycles. The summed E-state index contributed by atoms with van der Waals surface area (Å²) in [5, 5.41) is 3.45. The zero-order valence-corrected chi connectivity index (χ0v) is 8.87. The monoisotopic (exact) mass is 206 g/mol. The lowest BCUT2D eigenvalue weighted by Gasteiger charge is -2.23. The number of hydrogen-bond acceptors (Lipinski definition) is 4. The van der Waals surface area contributed by atoms with Crippen molar-refractivity contribution in [3.05, 3.63) is 18.2 Å². The van der Waals surface area contributed by atoms with E-state index < -0.39 is 0 Å². The van der Waals surface area contributed by atoms with Crippen molar-refractivity contribution in [3.63, 3.8) is 0 Å². The fraction of sp³-hybridized carbons (Fsp3) is 0.545. The second-order valence-corrected chi connectivity index (χ2v) is 4.03. The van der Waals surface area contributed by atoms with Gasteiger partial charge in [0.2, 0.25) is 0 Å². The highest BCUT2D eigenvalue weighted by Gasteiger charge is 2.13. The number of nitrogens with zero attached hydrogens (tertiary/aromatic N) is 1. The van der Waals surface area contributed by atoms with Gasteiger partial charge in [0.05, 0.1) is 0 Å². The third-order valence-electron chi connectivity index (χ3n) is 2.85. The molecular formula is C11H18N4. The molecule has 1 saturated carbocycles. The molecule has 1 aliphatic rings. The number of rotatable bonds is 3. The summed E-state index contributed by atoms with van der Waals surface area (Å²) in [5.74, 6) is 6.93. The van der Waals surface area contributed by atoms with E-state index in [1.165, 1.54) is 32.1 Å². The lowest BCUT2D eigenvalue weighted by atomic mass is 9.95. The van der Waals surface area contributed by atoms with E-state index in [4.69, 9.17) is 5.84 Å². The Morgan fingerprint density at radius 2 is 1.87 bits per heavy atom. The Morgan fingerprint density at radius 3 is 2.60 bits per heavy atom. The quantitative estimate of drug-likeness (QED) is 0.523. The van der Waals surface area contributed by atoms with E-state index >= 15 is 0 Å². The van der Waals surface area contributed by atoms with Gasteiger partial charge in [-0.05, 0) is 25.0 Å². The number of nitrogen functional groups attached to an aromatic ring is 1. The Balaban J connectivity index is 1.96. The molecule has 0 aromatic carbocycles. The van der Waals surface area contributed by atoms with Crippen molar-refractivity contribution in [2.75, 3.05) is 10.7 Å². The SMILES string of the molecule is NNc1cccc(NC2CCCCC2)n1. The van der Waals surface area contributed by atoms with Crippen LogP contribution in [0.15, 0.2) is 18.2 Å². The molecule has 4 heteroatoms. The van der Waals surface area contributed by atoms with Gasteiger partial charge in [-0.2, -0.15) is 0 Å². The summed E-state index contributed by atoms with van der Waals surface area (Å²) in [4.78, 5) is 4.34. The van der Waals surface area contributed by atoms with Crippen LogP contribution >= 0.6 is 0 Å². The molecule has 1 fully saturated rings. The zero-order valence-electron chi connectivity index (χ0n) is 8.87. The van der Waals surface area contributed by atoms with E-state index in [0.717, 1.165) is 5.82 Å². The van der Waals surface area contributed by atoms with Crippen molar-refractivity contribution in [2.24, 2.45) is 5.84 Å². The summed E-state index contributed by atoms with van der Waals surface area (Å²) < 4.78 is 0. The van der Waals surface area contributed by atoms with Crippen LogP contribution in [0.1, 0.15) is 32.1 Å². The van der Waals surface area contributed by atoms with Gasteiger partial charge in [-0.25, -0.2) is 10.8 Å². The average molecular weight is 206 g/mol. The lowest BCUT2D eigenvalue weighted by molar-refractivity contribution is 0.462. The van der Waals surface area contributed by atoms with Crippen molar-refractivity contribution in [2.45, 2.75) is 38.1 Å². The highest BCUT2D eigenvalue weighted by Crippen LogP contribution is 2.21. The Hall–Kier alpha value is -1.29. The van der Waals surface area contributed by atoms with Gasteiger partial charge in [-0.1, -0.05) is 25.3 Å². The van der Waals surface area contributed by atoms with Gasteiger partial charge in [-0.3, -0.25) is 0 Å². The van der Waals surface area contributed by atoms with Crippen molar-refractivity contribution < 1.29 is 0 Å². The minimum absolute atomic E-state index is 0.583. The zero-order chi connectivity index (χ0) is 10.5. The number of pyridine rings is 1. The second kappa shape index (κ2) is 4.98. The number of aromatic nitrogens is 1. The van der Waals surface area contributed by atoms with E-state index in [2.05, 4.69) is 15.7 Å². The normalized spacial score (nSPS) is 17.4. The molecule has 15 heavy (non-hydrogen) atoms. The molecule has 0 spiro atoms. The van der Waals surface area contributed by atoms with Crippen molar-refractivity contribution in [1.82, 2.24) is 4.98 Å².